The minimum atomic E-state index is -0.809. The molecule has 0 aromatic rings. The Balaban J connectivity index is 4.88. The van der Waals surface area contributed by atoms with Gasteiger partial charge in [-0.2, -0.15) is 0 Å². The molecule has 0 aliphatic heterocycles. The van der Waals surface area contributed by atoms with Crippen molar-refractivity contribution < 1.29 is 23.9 Å². The Bertz CT molecular complexity index is 319. The summed E-state index contributed by atoms with van der Waals surface area (Å²) < 4.78 is 9.71. The Kier molecular flexibility index (Phi) is 10.2. The summed E-state index contributed by atoms with van der Waals surface area (Å²) in [7, 11) is 1.27. The molecule has 0 spiro atoms. The van der Waals surface area contributed by atoms with Crippen molar-refractivity contribution in [2.75, 3.05) is 7.11 Å². The Morgan fingerprint density at radius 3 is 2.21 bits per heavy atom. The number of hydrogen-bond acceptors (Lipinski definition) is 5. The molecule has 0 radical (unpaired) electrons. The summed E-state index contributed by atoms with van der Waals surface area (Å²) in [5.74, 6) is 1.85. The summed E-state index contributed by atoms with van der Waals surface area (Å²) in [6, 6.07) is 0. The van der Waals surface area contributed by atoms with E-state index in [-0.39, 0.29) is 20.7 Å². The number of ketones is 1. The molecule has 0 bridgehead atoms. The van der Waals surface area contributed by atoms with Gasteiger partial charge in [0.25, 0.3) is 0 Å². The second kappa shape index (κ2) is 10.4. The number of carbonyl (C=O) groups excluding carboxylic acids is 3. The van der Waals surface area contributed by atoms with Gasteiger partial charge < -0.3 is 0 Å². The van der Waals surface area contributed by atoms with Crippen molar-refractivity contribution in [3.05, 3.63) is 0 Å². The first-order valence-corrected chi connectivity index (χ1v) is 11.6. The fraction of sp³-hybridized carbons (Fsp3) is 0.750. The van der Waals surface area contributed by atoms with Crippen molar-refractivity contribution in [2.45, 2.75) is 41.7 Å². The molecular formula is C12H20O5Se2. The Morgan fingerprint density at radius 1 is 1.16 bits per heavy atom. The van der Waals surface area contributed by atoms with Crippen LogP contribution in [0, 0.1) is 5.92 Å². The third kappa shape index (κ3) is 7.11. The van der Waals surface area contributed by atoms with E-state index in [4.69, 9.17) is 4.74 Å². The van der Waals surface area contributed by atoms with Crippen LogP contribution in [0.3, 0.4) is 0 Å². The molecule has 0 rings (SSSR count). The molecule has 0 aliphatic carbocycles. The van der Waals surface area contributed by atoms with E-state index in [0.29, 0.717) is 26.7 Å². The maximum absolute atomic E-state index is 12.3. The molecule has 0 saturated heterocycles. The molecule has 19 heavy (non-hydrogen) atoms. The van der Waals surface area contributed by atoms with Gasteiger partial charge in [0.15, 0.2) is 0 Å². The standard InChI is InChI=1S/C12H20O5Se2/c1-8(13)17-10(7-19-4)11(14)9(5-6-18-3)12(15)16-2/h9-10H,5-7H2,1-4H3. The SMILES string of the molecule is COC(=O)C(CC[Se]C)C(=O)C(C[Se]C)OC(C)=O. The van der Waals surface area contributed by atoms with E-state index >= 15 is 0 Å². The van der Waals surface area contributed by atoms with E-state index in [2.05, 4.69) is 4.74 Å². The van der Waals surface area contributed by atoms with Crippen molar-refractivity contribution in [3.63, 3.8) is 0 Å². The number of Topliss-reactive ketones (excluding diaryl/α,β-unsaturated/α-hetero) is 1. The van der Waals surface area contributed by atoms with Crippen molar-refractivity contribution >= 4 is 47.6 Å². The number of methoxy groups -OCH3 is 1. The maximum atomic E-state index is 12.3. The molecule has 7 heteroatoms. The molecule has 0 saturated carbocycles. The molecule has 0 aromatic heterocycles. The summed E-state index contributed by atoms with van der Waals surface area (Å²) in [6.07, 6.45) is -0.341. The molecule has 5 nitrogen and oxygen atoms in total. The molecule has 0 N–H and O–H groups in total. The van der Waals surface area contributed by atoms with Crippen LogP contribution in [-0.2, 0) is 23.9 Å². The van der Waals surface area contributed by atoms with Crippen molar-refractivity contribution in [3.8, 4) is 0 Å². The summed E-state index contributed by atoms with van der Waals surface area (Å²) in [4.78, 5) is 35.0. The zero-order valence-corrected chi connectivity index (χ0v) is 15.1. The van der Waals surface area contributed by atoms with Crippen LogP contribution in [0.5, 0.6) is 0 Å². The van der Waals surface area contributed by atoms with Crippen LogP contribution < -0.4 is 0 Å². The average Bonchev–Trinajstić information content (AvgIpc) is 2.37. The van der Waals surface area contributed by atoms with Gasteiger partial charge in [0.05, 0.1) is 0 Å². The van der Waals surface area contributed by atoms with Gasteiger partial charge in [-0.1, -0.05) is 0 Å². The van der Waals surface area contributed by atoms with E-state index in [9.17, 15) is 14.4 Å². The number of hydrogen-bond donors (Lipinski definition) is 0. The van der Waals surface area contributed by atoms with Crippen LogP contribution in [-0.4, -0.2) is 60.8 Å². The topological polar surface area (TPSA) is 69.7 Å². The van der Waals surface area contributed by atoms with Crippen molar-refractivity contribution in [1.29, 1.82) is 0 Å². The molecule has 110 valence electrons. The minimum absolute atomic E-state index is 0.186. The third-order valence-electron chi connectivity index (χ3n) is 2.38. The van der Waals surface area contributed by atoms with Gasteiger partial charge in [0.1, 0.15) is 0 Å². The van der Waals surface area contributed by atoms with Crippen LogP contribution in [0.15, 0.2) is 0 Å². The number of esters is 2. The Labute approximate surface area is 126 Å². The Hall–Kier alpha value is -0.351. The normalized spacial score (nSPS) is 13.5. The molecule has 2 atom stereocenters. The quantitative estimate of drug-likeness (QED) is 0.327. The number of rotatable bonds is 9. The monoisotopic (exact) mass is 404 g/mol. The molecule has 0 aromatic carbocycles. The molecular weight excluding hydrogens is 382 g/mol. The average molecular weight is 402 g/mol. The van der Waals surface area contributed by atoms with Crippen LogP contribution >= 0.6 is 0 Å². The fourth-order valence-corrected chi connectivity index (χ4v) is 3.62. The van der Waals surface area contributed by atoms with E-state index < -0.39 is 24.0 Å². The first-order chi connectivity index (χ1) is 8.97. The summed E-state index contributed by atoms with van der Waals surface area (Å²) in [6.45, 7) is 1.27. The van der Waals surface area contributed by atoms with Crippen LogP contribution in [0.4, 0.5) is 0 Å². The predicted octanol–water partition coefficient (Wildman–Crippen LogP) is 1.01. The zero-order valence-electron chi connectivity index (χ0n) is 11.6. The molecule has 0 aliphatic rings. The van der Waals surface area contributed by atoms with Gasteiger partial charge in [0.2, 0.25) is 0 Å². The van der Waals surface area contributed by atoms with Gasteiger partial charge in [-0.25, -0.2) is 0 Å². The van der Waals surface area contributed by atoms with Gasteiger partial charge in [-0.05, 0) is 0 Å². The summed E-state index contributed by atoms with van der Waals surface area (Å²) in [5, 5.41) is 1.32. The molecule has 0 amide bonds. The van der Waals surface area contributed by atoms with E-state index in [1.54, 1.807) is 0 Å². The summed E-state index contributed by atoms with van der Waals surface area (Å²) >= 11 is 0.573. The second-order valence-corrected chi connectivity index (χ2v) is 7.79. The number of ether oxygens (including phenoxy) is 2. The zero-order chi connectivity index (χ0) is 14.8. The van der Waals surface area contributed by atoms with Crippen molar-refractivity contribution in [1.82, 2.24) is 0 Å². The third-order valence-corrected chi connectivity index (χ3v) is 5.07. The Morgan fingerprint density at radius 2 is 1.79 bits per heavy atom. The number of carbonyl (C=O) groups is 3. The van der Waals surface area contributed by atoms with Crippen LogP contribution in [0.25, 0.3) is 0 Å². The molecule has 0 fully saturated rings. The van der Waals surface area contributed by atoms with E-state index in [0.717, 1.165) is 5.32 Å². The van der Waals surface area contributed by atoms with E-state index in [1.807, 2.05) is 11.6 Å². The summed E-state index contributed by atoms with van der Waals surface area (Å²) in [5.41, 5.74) is 0. The van der Waals surface area contributed by atoms with Crippen LogP contribution in [0.2, 0.25) is 22.3 Å². The molecule has 2 unspecified atom stereocenters. The van der Waals surface area contributed by atoms with Gasteiger partial charge in [-0.15, -0.1) is 0 Å². The second-order valence-electron chi connectivity index (χ2n) is 3.81. The molecule has 0 heterocycles. The van der Waals surface area contributed by atoms with E-state index in [1.165, 1.54) is 14.0 Å². The fourth-order valence-electron chi connectivity index (χ4n) is 1.50. The van der Waals surface area contributed by atoms with Crippen molar-refractivity contribution in [2.24, 2.45) is 5.92 Å². The first kappa shape index (κ1) is 18.6. The van der Waals surface area contributed by atoms with Gasteiger partial charge in [-0.3, -0.25) is 0 Å². The van der Waals surface area contributed by atoms with Gasteiger partial charge >= 0.3 is 126 Å². The first-order valence-electron chi connectivity index (χ1n) is 5.74. The predicted molar refractivity (Wildman–Crippen MR) is 73.5 cm³/mol. The van der Waals surface area contributed by atoms with Gasteiger partial charge in [0, 0.05) is 0 Å². The van der Waals surface area contributed by atoms with Crippen LogP contribution in [0.1, 0.15) is 13.3 Å².